The molecule has 14 heavy (non-hydrogen) atoms. The van der Waals surface area contributed by atoms with Crippen LogP contribution in [-0.2, 0) is 4.89 Å². The summed E-state index contributed by atoms with van der Waals surface area (Å²) in [5, 5.41) is 8.90. The van der Waals surface area contributed by atoms with Gasteiger partial charge in [0.1, 0.15) is 0 Å². The second kappa shape index (κ2) is 6.06. The Labute approximate surface area is 86.6 Å². The van der Waals surface area contributed by atoms with Crippen LogP contribution in [0.4, 0.5) is 0 Å². The predicted octanol–water partition coefficient (Wildman–Crippen LogP) is 3.37. The van der Waals surface area contributed by atoms with Crippen molar-refractivity contribution >= 4 is 0 Å². The van der Waals surface area contributed by atoms with E-state index in [2.05, 4.69) is 23.7 Å². The minimum absolute atomic E-state index is 0.536. The van der Waals surface area contributed by atoms with E-state index >= 15 is 0 Å². The van der Waals surface area contributed by atoms with Gasteiger partial charge in [-0.1, -0.05) is 25.7 Å². The summed E-state index contributed by atoms with van der Waals surface area (Å²) in [6.07, 6.45) is 8.44. The smallest absolute Gasteiger partial charge is 0.163 e. The van der Waals surface area contributed by atoms with E-state index in [1.807, 2.05) is 0 Å². The van der Waals surface area contributed by atoms with E-state index < -0.39 is 5.60 Å². The Bertz CT molecular complexity index is 206. The molecule has 0 heterocycles. The lowest BCUT2D eigenvalue weighted by Crippen LogP contribution is -2.32. The fourth-order valence-corrected chi connectivity index (χ4v) is 1.85. The van der Waals surface area contributed by atoms with Gasteiger partial charge in [-0.05, 0) is 32.1 Å². The van der Waals surface area contributed by atoms with Crippen molar-refractivity contribution in [3.63, 3.8) is 0 Å². The lowest BCUT2D eigenvalue weighted by Gasteiger charge is -2.28. The van der Waals surface area contributed by atoms with Crippen LogP contribution in [0.15, 0.2) is 0 Å². The van der Waals surface area contributed by atoms with Gasteiger partial charge in [-0.15, -0.1) is 5.92 Å². The summed E-state index contributed by atoms with van der Waals surface area (Å²) in [5.74, 6) is 6.21. The van der Waals surface area contributed by atoms with Crippen molar-refractivity contribution in [1.29, 1.82) is 0 Å². The minimum atomic E-state index is -0.536. The Morgan fingerprint density at radius 1 is 1.29 bits per heavy atom. The van der Waals surface area contributed by atoms with Crippen LogP contribution in [0.3, 0.4) is 0 Å². The van der Waals surface area contributed by atoms with Crippen LogP contribution >= 0.6 is 0 Å². The molecule has 0 spiro atoms. The van der Waals surface area contributed by atoms with E-state index in [0.717, 1.165) is 38.5 Å². The van der Waals surface area contributed by atoms with E-state index in [1.165, 1.54) is 12.8 Å². The SMILES string of the molecule is CCCCC#CC1(OO)CCCCC1. The molecule has 1 aliphatic rings. The quantitative estimate of drug-likeness (QED) is 0.324. The zero-order valence-electron chi connectivity index (χ0n) is 9.01. The summed E-state index contributed by atoms with van der Waals surface area (Å²) in [6.45, 7) is 2.15. The molecule has 0 aromatic rings. The van der Waals surface area contributed by atoms with Crippen molar-refractivity contribution in [1.82, 2.24) is 0 Å². The fourth-order valence-electron chi connectivity index (χ4n) is 1.85. The van der Waals surface area contributed by atoms with Crippen LogP contribution in [0.5, 0.6) is 0 Å². The van der Waals surface area contributed by atoms with Crippen LogP contribution in [-0.4, -0.2) is 10.9 Å². The Morgan fingerprint density at radius 3 is 2.57 bits per heavy atom. The third kappa shape index (κ3) is 3.32. The second-order valence-corrected chi connectivity index (χ2v) is 4.05. The molecule has 0 unspecified atom stereocenters. The molecule has 0 atom stereocenters. The van der Waals surface area contributed by atoms with Crippen molar-refractivity contribution in [2.75, 3.05) is 0 Å². The average Bonchev–Trinajstić information content (AvgIpc) is 2.26. The standard InChI is InChI=1S/C12H20O2/c1-2-3-4-6-9-12(14-13)10-7-5-8-11-12/h13H,2-5,7-8,10-11H2,1H3. The monoisotopic (exact) mass is 196 g/mol. The zero-order valence-corrected chi connectivity index (χ0v) is 9.01. The summed E-state index contributed by atoms with van der Waals surface area (Å²) < 4.78 is 0. The highest BCUT2D eigenvalue weighted by atomic mass is 17.1. The molecule has 0 aromatic heterocycles. The number of hydrogen-bond acceptors (Lipinski definition) is 2. The van der Waals surface area contributed by atoms with E-state index in [9.17, 15) is 0 Å². The van der Waals surface area contributed by atoms with Gasteiger partial charge in [0.15, 0.2) is 5.60 Å². The van der Waals surface area contributed by atoms with Gasteiger partial charge in [0, 0.05) is 6.42 Å². The van der Waals surface area contributed by atoms with Gasteiger partial charge in [0.2, 0.25) is 0 Å². The summed E-state index contributed by atoms with van der Waals surface area (Å²) in [5.41, 5.74) is -0.536. The summed E-state index contributed by atoms with van der Waals surface area (Å²) in [4.78, 5) is 4.59. The third-order valence-corrected chi connectivity index (χ3v) is 2.81. The molecular weight excluding hydrogens is 176 g/mol. The number of rotatable bonds is 3. The van der Waals surface area contributed by atoms with Crippen LogP contribution in [0.1, 0.15) is 58.3 Å². The highest BCUT2D eigenvalue weighted by molar-refractivity contribution is 5.15. The first-order chi connectivity index (χ1) is 6.83. The predicted molar refractivity (Wildman–Crippen MR) is 56.8 cm³/mol. The molecule has 1 saturated carbocycles. The second-order valence-electron chi connectivity index (χ2n) is 4.05. The molecule has 80 valence electrons. The molecule has 0 amide bonds. The molecule has 0 radical (unpaired) electrons. The van der Waals surface area contributed by atoms with Gasteiger partial charge < -0.3 is 0 Å². The van der Waals surface area contributed by atoms with Gasteiger partial charge in [-0.2, -0.15) is 0 Å². The molecule has 1 N–H and O–H groups in total. The van der Waals surface area contributed by atoms with Crippen molar-refractivity contribution in [3.05, 3.63) is 0 Å². The lowest BCUT2D eigenvalue weighted by molar-refractivity contribution is -0.310. The van der Waals surface area contributed by atoms with Crippen molar-refractivity contribution in [3.8, 4) is 11.8 Å². The molecule has 1 rings (SSSR count). The van der Waals surface area contributed by atoms with E-state index in [4.69, 9.17) is 5.26 Å². The maximum Gasteiger partial charge on any atom is 0.163 e. The van der Waals surface area contributed by atoms with Gasteiger partial charge in [0.25, 0.3) is 0 Å². The number of unbranched alkanes of at least 4 members (excludes halogenated alkanes) is 2. The average molecular weight is 196 g/mol. The van der Waals surface area contributed by atoms with Crippen LogP contribution in [0, 0.1) is 11.8 Å². The fraction of sp³-hybridized carbons (Fsp3) is 0.833. The maximum absolute atomic E-state index is 8.90. The Hall–Kier alpha value is -0.520. The Balaban J connectivity index is 2.45. The largest absolute Gasteiger partial charge is 0.250 e. The minimum Gasteiger partial charge on any atom is -0.250 e. The van der Waals surface area contributed by atoms with Gasteiger partial charge in [0.05, 0.1) is 0 Å². The topological polar surface area (TPSA) is 29.5 Å². The normalized spacial score (nSPS) is 19.9. The van der Waals surface area contributed by atoms with Gasteiger partial charge in [-0.3, -0.25) is 5.26 Å². The molecule has 1 fully saturated rings. The Kier molecular flexibility index (Phi) is 5.00. The first-order valence-electron chi connectivity index (χ1n) is 5.65. The van der Waals surface area contributed by atoms with E-state index in [0.29, 0.717) is 0 Å². The van der Waals surface area contributed by atoms with Crippen molar-refractivity contribution in [2.45, 2.75) is 63.9 Å². The maximum atomic E-state index is 8.90. The zero-order chi connectivity index (χ0) is 10.3. The first-order valence-corrected chi connectivity index (χ1v) is 5.65. The molecule has 0 bridgehead atoms. The molecule has 2 heteroatoms. The lowest BCUT2D eigenvalue weighted by atomic mass is 9.85. The van der Waals surface area contributed by atoms with E-state index in [-0.39, 0.29) is 0 Å². The van der Waals surface area contributed by atoms with Crippen molar-refractivity contribution < 1.29 is 10.1 Å². The first kappa shape index (κ1) is 11.6. The van der Waals surface area contributed by atoms with Crippen LogP contribution in [0.25, 0.3) is 0 Å². The molecule has 2 nitrogen and oxygen atoms in total. The van der Waals surface area contributed by atoms with Crippen LogP contribution < -0.4 is 0 Å². The van der Waals surface area contributed by atoms with Crippen LogP contribution in [0.2, 0.25) is 0 Å². The summed E-state index contributed by atoms with van der Waals surface area (Å²) in [6, 6.07) is 0. The molecule has 0 aliphatic heterocycles. The molecule has 0 aromatic carbocycles. The third-order valence-electron chi connectivity index (χ3n) is 2.81. The highest BCUT2D eigenvalue weighted by Gasteiger charge is 2.31. The molecule has 1 aliphatic carbocycles. The van der Waals surface area contributed by atoms with Crippen molar-refractivity contribution in [2.24, 2.45) is 0 Å². The van der Waals surface area contributed by atoms with Gasteiger partial charge >= 0.3 is 0 Å². The molecule has 0 saturated heterocycles. The molecular formula is C12H20O2. The summed E-state index contributed by atoms with van der Waals surface area (Å²) in [7, 11) is 0. The summed E-state index contributed by atoms with van der Waals surface area (Å²) >= 11 is 0. The number of hydrogen-bond donors (Lipinski definition) is 1. The highest BCUT2D eigenvalue weighted by Crippen LogP contribution is 2.30. The van der Waals surface area contributed by atoms with Gasteiger partial charge in [-0.25, -0.2) is 4.89 Å². The van der Waals surface area contributed by atoms with E-state index in [1.54, 1.807) is 0 Å². The Morgan fingerprint density at radius 2 is 2.00 bits per heavy atom.